The Balaban J connectivity index is 1.85. The number of anilines is 1. The Labute approximate surface area is 120 Å². The van der Waals surface area contributed by atoms with Crippen LogP contribution in [0.5, 0.6) is 0 Å². The zero-order valence-electron chi connectivity index (χ0n) is 11.9. The minimum atomic E-state index is 0.381. The summed E-state index contributed by atoms with van der Waals surface area (Å²) in [5.41, 5.74) is 9.36. The lowest BCUT2D eigenvalue weighted by molar-refractivity contribution is 0.194. The van der Waals surface area contributed by atoms with Gasteiger partial charge in [0, 0.05) is 30.2 Å². The van der Waals surface area contributed by atoms with E-state index in [4.69, 9.17) is 5.73 Å². The molecule has 3 rings (SSSR count). The van der Waals surface area contributed by atoms with E-state index in [1.165, 1.54) is 24.0 Å². The SMILES string of the molecule is CC(c1cccc(N)c1)N1CCCC1c1cccnc1. The van der Waals surface area contributed by atoms with Crippen molar-refractivity contribution >= 4 is 5.69 Å². The van der Waals surface area contributed by atoms with Crippen molar-refractivity contribution in [3.8, 4) is 0 Å². The molecule has 1 fully saturated rings. The van der Waals surface area contributed by atoms with E-state index < -0.39 is 0 Å². The van der Waals surface area contributed by atoms with Gasteiger partial charge in [-0.25, -0.2) is 0 Å². The van der Waals surface area contributed by atoms with Crippen molar-refractivity contribution in [2.75, 3.05) is 12.3 Å². The van der Waals surface area contributed by atoms with Crippen LogP contribution >= 0.6 is 0 Å². The molecule has 3 heteroatoms. The Kier molecular flexibility index (Phi) is 3.70. The maximum absolute atomic E-state index is 5.91. The van der Waals surface area contributed by atoms with Gasteiger partial charge < -0.3 is 5.73 Å². The first-order chi connectivity index (χ1) is 9.75. The summed E-state index contributed by atoms with van der Waals surface area (Å²) in [5, 5.41) is 0. The van der Waals surface area contributed by atoms with Gasteiger partial charge >= 0.3 is 0 Å². The second-order valence-corrected chi connectivity index (χ2v) is 5.53. The monoisotopic (exact) mass is 267 g/mol. The van der Waals surface area contributed by atoms with Crippen molar-refractivity contribution < 1.29 is 0 Å². The summed E-state index contributed by atoms with van der Waals surface area (Å²) in [7, 11) is 0. The Hall–Kier alpha value is -1.87. The highest BCUT2D eigenvalue weighted by atomic mass is 15.2. The lowest BCUT2D eigenvalue weighted by atomic mass is 10.0. The van der Waals surface area contributed by atoms with Crippen molar-refractivity contribution in [1.82, 2.24) is 9.88 Å². The molecule has 1 aromatic carbocycles. The van der Waals surface area contributed by atoms with Gasteiger partial charge in [-0.3, -0.25) is 9.88 Å². The lowest BCUT2D eigenvalue weighted by Crippen LogP contribution is -2.26. The van der Waals surface area contributed by atoms with E-state index in [0.717, 1.165) is 12.2 Å². The van der Waals surface area contributed by atoms with Crippen LogP contribution in [-0.4, -0.2) is 16.4 Å². The summed E-state index contributed by atoms with van der Waals surface area (Å²) in [6, 6.07) is 13.3. The molecule has 0 bridgehead atoms. The fraction of sp³-hybridized carbons (Fsp3) is 0.353. The Morgan fingerprint density at radius 1 is 1.30 bits per heavy atom. The molecule has 104 valence electrons. The predicted molar refractivity (Wildman–Crippen MR) is 82.2 cm³/mol. The molecule has 2 unspecified atom stereocenters. The molecule has 1 aliphatic rings. The zero-order valence-corrected chi connectivity index (χ0v) is 11.9. The summed E-state index contributed by atoms with van der Waals surface area (Å²) in [6.45, 7) is 3.40. The molecular formula is C17H21N3. The van der Waals surface area contributed by atoms with Crippen molar-refractivity contribution in [3.05, 3.63) is 59.9 Å². The van der Waals surface area contributed by atoms with E-state index in [1.807, 2.05) is 30.6 Å². The van der Waals surface area contributed by atoms with Crippen molar-refractivity contribution in [3.63, 3.8) is 0 Å². The number of benzene rings is 1. The molecule has 0 saturated carbocycles. The first kappa shape index (κ1) is 13.1. The van der Waals surface area contributed by atoms with E-state index in [1.54, 1.807) is 0 Å². The molecular weight excluding hydrogens is 246 g/mol. The summed E-state index contributed by atoms with van der Waals surface area (Å²) in [5.74, 6) is 0. The molecule has 1 saturated heterocycles. The van der Waals surface area contributed by atoms with Gasteiger partial charge in [-0.05, 0) is 55.6 Å². The average molecular weight is 267 g/mol. The van der Waals surface area contributed by atoms with Gasteiger partial charge in [0.2, 0.25) is 0 Å². The second kappa shape index (κ2) is 5.63. The zero-order chi connectivity index (χ0) is 13.9. The van der Waals surface area contributed by atoms with Gasteiger partial charge in [0.05, 0.1) is 0 Å². The van der Waals surface area contributed by atoms with Gasteiger partial charge in [0.25, 0.3) is 0 Å². The van der Waals surface area contributed by atoms with E-state index in [2.05, 4.69) is 35.0 Å². The largest absolute Gasteiger partial charge is 0.399 e. The standard InChI is InChI=1S/C17H21N3/c1-13(14-5-2-7-16(18)11-14)20-10-4-8-17(20)15-6-3-9-19-12-15/h2-3,5-7,9,11-13,17H,4,8,10,18H2,1H3. The third-order valence-corrected chi connectivity index (χ3v) is 4.25. The Morgan fingerprint density at radius 2 is 2.20 bits per heavy atom. The molecule has 0 aliphatic carbocycles. The summed E-state index contributed by atoms with van der Waals surface area (Å²) >= 11 is 0. The molecule has 0 amide bonds. The number of likely N-dealkylation sites (tertiary alicyclic amines) is 1. The summed E-state index contributed by atoms with van der Waals surface area (Å²) < 4.78 is 0. The van der Waals surface area contributed by atoms with Crippen molar-refractivity contribution in [2.45, 2.75) is 31.8 Å². The third kappa shape index (κ3) is 2.54. The molecule has 0 spiro atoms. The highest BCUT2D eigenvalue weighted by Crippen LogP contribution is 2.38. The number of nitrogens with two attached hydrogens (primary N) is 1. The molecule has 2 N–H and O–H groups in total. The maximum atomic E-state index is 5.91. The van der Waals surface area contributed by atoms with Crippen LogP contribution in [0.3, 0.4) is 0 Å². The number of hydrogen-bond acceptors (Lipinski definition) is 3. The van der Waals surface area contributed by atoms with Crippen LogP contribution in [0.4, 0.5) is 5.69 Å². The van der Waals surface area contributed by atoms with Crippen molar-refractivity contribution in [2.24, 2.45) is 0 Å². The topological polar surface area (TPSA) is 42.1 Å². The van der Waals surface area contributed by atoms with Crippen LogP contribution in [0, 0.1) is 0 Å². The third-order valence-electron chi connectivity index (χ3n) is 4.25. The van der Waals surface area contributed by atoms with Crippen LogP contribution < -0.4 is 5.73 Å². The molecule has 0 radical (unpaired) electrons. The first-order valence-electron chi connectivity index (χ1n) is 7.27. The lowest BCUT2D eigenvalue weighted by Gasteiger charge is -2.31. The molecule has 1 aromatic heterocycles. The number of pyridine rings is 1. The number of aromatic nitrogens is 1. The van der Waals surface area contributed by atoms with E-state index in [9.17, 15) is 0 Å². The van der Waals surface area contributed by atoms with Crippen molar-refractivity contribution in [1.29, 1.82) is 0 Å². The normalized spacial score (nSPS) is 20.9. The average Bonchev–Trinajstić information content (AvgIpc) is 2.97. The van der Waals surface area contributed by atoms with E-state index >= 15 is 0 Å². The predicted octanol–water partition coefficient (Wildman–Crippen LogP) is 3.56. The molecule has 2 atom stereocenters. The molecule has 20 heavy (non-hydrogen) atoms. The number of rotatable bonds is 3. The van der Waals surface area contributed by atoms with Crippen LogP contribution in [0.1, 0.15) is 43.0 Å². The Morgan fingerprint density at radius 3 is 2.95 bits per heavy atom. The van der Waals surface area contributed by atoms with Gasteiger partial charge in [0.15, 0.2) is 0 Å². The first-order valence-corrected chi connectivity index (χ1v) is 7.27. The smallest absolute Gasteiger partial charge is 0.0369 e. The molecule has 3 nitrogen and oxygen atoms in total. The quantitative estimate of drug-likeness (QED) is 0.865. The second-order valence-electron chi connectivity index (χ2n) is 5.53. The maximum Gasteiger partial charge on any atom is 0.0369 e. The van der Waals surface area contributed by atoms with Crippen LogP contribution in [0.15, 0.2) is 48.8 Å². The van der Waals surface area contributed by atoms with Crippen LogP contribution in [0.2, 0.25) is 0 Å². The Bertz CT molecular complexity index is 567. The van der Waals surface area contributed by atoms with Gasteiger partial charge in [-0.1, -0.05) is 18.2 Å². The fourth-order valence-electron chi connectivity index (χ4n) is 3.19. The molecule has 2 heterocycles. The van der Waals surface area contributed by atoms with Gasteiger partial charge in [-0.2, -0.15) is 0 Å². The number of nitrogens with zero attached hydrogens (tertiary/aromatic N) is 2. The minimum absolute atomic E-state index is 0.381. The van der Waals surface area contributed by atoms with Gasteiger partial charge in [-0.15, -0.1) is 0 Å². The number of nitrogen functional groups attached to an aromatic ring is 1. The van der Waals surface area contributed by atoms with Gasteiger partial charge in [0.1, 0.15) is 0 Å². The highest BCUT2D eigenvalue weighted by Gasteiger charge is 2.30. The molecule has 2 aromatic rings. The number of hydrogen-bond donors (Lipinski definition) is 1. The van der Waals surface area contributed by atoms with E-state index in [-0.39, 0.29) is 0 Å². The fourth-order valence-corrected chi connectivity index (χ4v) is 3.19. The van der Waals surface area contributed by atoms with E-state index in [0.29, 0.717) is 12.1 Å². The van der Waals surface area contributed by atoms with Crippen LogP contribution in [-0.2, 0) is 0 Å². The summed E-state index contributed by atoms with van der Waals surface area (Å²) in [4.78, 5) is 6.82. The summed E-state index contributed by atoms with van der Waals surface area (Å²) in [6.07, 6.45) is 6.28. The molecule has 1 aliphatic heterocycles. The van der Waals surface area contributed by atoms with Crippen LogP contribution in [0.25, 0.3) is 0 Å². The highest BCUT2D eigenvalue weighted by molar-refractivity contribution is 5.41. The minimum Gasteiger partial charge on any atom is -0.399 e.